The molecule has 1 N–H and O–H groups in total. The normalized spacial score (nSPS) is 11.1. The molecule has 7 nitrogen and oxygen atoms in total. The van der Waals surface area contributed by atoms with E-state index >= 15 is 0 Å². The molecule has 7 heteroatoms. The first kappa shape index (κ1) is 16.2. The Morgan fingerprint density at radius 3 is 2.96 bits per heavy atom. The summed E-state index contributed by atoms with van der Waals surface area (Å²) in [6.07, 6.45) is 2.03. The second-order valence-electron chi connectivity index (χ2n) is 5.88. The Morgan fingerprint density at radius 1 is 1.33 bits per heavy atom. The highest BCUT2D eigenvalue weighted by Gasteiger charge is 2.13. The van der Waals surface area contributed by atoms with Crippen LogP contribution in [0.1, 0.15) is 47.2 Å². The third kappa shape index (κ3) is 3.15. The maximum absolute atomic E-state index is 12.3. The molecule has 3 aromatic rings. The Hall–Kier alpha value is -2.70. The van der Waals surface area contributed by atoms with Gasteiger partial charge in [0.25, 0.3) is 0 Å². The molecular weight excluding hydrogens is 306 g/mol. The molecule has 0 bridgehead atoms. The quantitative estimate of drug-likeness (QED) is 0.704. The lowest BCUT2D eigenvalue weighted by molar-refractivity contribution is 0.0456. The number of esters is 1. The van der Waals surface area contributed by atoms with Crippen molar-refractivity contribution in [2.45, 2.75) is 46.8 Å². The van der Waals surface area contributed by atoms with Crippen molar-refractivity contribution in [3.05, 3.63) is 40.8 Å². The minimum absolute atomic E-state index is 0.0682. The van der Waals surface area contributed by atoms with Gasteiger partial charge in [-0.25, -0.2) is 9.48 Å². The molecule has 0 aliphatic carbocycles. The van der Waals surface area contributed by atoms with E-state index in [1.54, 1.807) is 10.7 Å². The number of rotatable bonds is 6. The Morgan fingerprint density at radius 2 is 2.17 bits per heavy atom. The third-order valence-electron chi connectivity index (χ3n) is 4.21. The molecule has 1 aromatic carbocycles. The number of fused-ring (bicyclic) bond motifs is 1. The third-order valence-corrected chi connectivity index (χ3v) is 4.21. The minimum Gasteiger partial charge on any atom is -0.454 e. The van der Waals surface area contributed by atoms with Crippen LogP contribution in [-0.2, 0) is 17.9 Å². The van der Waals surface area contributed by atoms with E-state index in [-0.39, 0.29) is 12.6 Å². The maximum atomic E-state index is 12.3. The molecular formula is C17H21N5O2. The zero-order valence-corrected chi connectivity index (χ0v) is 14.2. The van der Waals surface area contributed by atoms with E-state index in [2.05, 4.69) is 27.4 Å². The standard InChI is InChI=1S/C17H21N5O2/c1-4-5-8-22-16(19-20-21-22)10-24-17(23)13-6-7-15-14(9-13)11(2)12(3)18-15/h6-7,9,18H,4-5,8,10H2,1-3H3. The van der Waals surface area contributed by atoms with Gasteiger partial charge in [0.2, 0.25) is 0 Å². The molecule has 0 atom stereocenters. The number of aromatic amines is 1. The number of hydrogen-bond acceptors (Lipinski definition) is 5. The molecule has 3 rings (SSSR count). The van der Waals surface area contributed by atoms with Crippen LogP contribution in [-0.4, -0.2) is 31.2 Å². The Kier molecular flexibility index (Phi) is 4.59. The molecule has 0 fully saturated rings. The zero-order valence-electron chi connectivity index (χ0n) is 14.2. The SMILES string of the molecule is CCCCn1nnnc1COC(=O)c1ccc2[nH]c(C)c(C)c2c1. The van der Waals surface area contributed by atoms with Crippen molar-refractivity contribution in [2.75, 3.05) is 0 Å². The summed E-state index contributed by atoms with van der Waals surface area (Å²) >= 11 is 0. The Bertz CT molecular complexity index is 865. The molecule has 0 aliphatic heterocycles. The molecule has 0 saturated heterocycles. The van der Waals surface area contributed by atoms with Crippen molar-refractivity contribution in [2.24, 2.45) is 0 Å². The molecule has 0 spiro atoms. The first-order chi connectivity index (χ1) is 11.6. The van der Waals surface area contributed by atoms with Crippen molar-refractivity contribution >= 4 is 16.9 Å². The number of aryl methyl sites for hydroxylation is 3. The topological polar surface area (TPSA) is 85.7 Å². The fourth-order valence-electron chi connectivity index (χ4n) is 2.61. The summed E-state index contributed by atoms with van der Waals surface area (Å²) in [6, 6.07) is 5.52. The van der Waals surface area contributed by atoms with Crippen LogP contribution in [0.5, 0.6) is 0 Å². The minimum atomic E-state index is -0.375. The molecule has 0 saturated carbocycles. The van der Waals surface area contributed by atoms with Crippen LogP contribution in [0.25, 0.3) is 10.9 Å². The largest absolute Gasteiger partial charge is 0.454 e. The van der Waals surface area contributed by atoms with Gasteiger partial charge in [0.1, 0.15) is 0 Å². The number of nitrogens with zero attached hydrogens (tertiary/aromatic N) is 4. The van der Waals surface area contributed by atoms with Crippen LogP contribution in [0.4, 0.5) is 0 Å². The monoisotopic (exact) mass is 327 g/mol. The summed E-state index contributed by atoms with van der Waals surface area (Å²) in [4.78, 5) is 15.6. The summed E-state index contributed by atoms with van der Waals surface area (Å²) in [5.41, 5.74) is 3.79. The number of tetrazole rings is 1. The highest BCUT2D eigenvalue weighted by molar-refractivity contribution is 5.96. The van der Waals surface area contributed by atoms with Crippen molar-refractivity contribution in [1.29, 1.82) is 0 Å². The molecule has 126 valence electrons. The van der Waals surface area contributed by atoms with Crippen LogP contribution < -0.4 is 0 Å². The number of ether oxygens (including phenoxy) is 1. The van der Waals surface area contributed by atoms with Gasteiger partial charge in [-0.05, 0) is 54.5 Å². The summed E-state index contributed by atoms with van der Waals surface area (Å²) in [6.45, 7) is 6.95. The van der Waals surface area contributed by atoms with Crippen molar-refractivity contribution < 1.29 is 9.53 Å². The average Bonchev–Trinajstić information content (AvgIpc) is 3.15. The molecule has 0 amide bonds. The van der Waals surface area contributed by atoms with E-state index in [9.17, 15) is 4.79 Å². The first-order valence-corrected chi connectivity index (χ1v) is 8.11. The van der Waals surface area contributed by atoms with E-state index in [4.69, 9.17) is 4.74 Å². The molecule has 0 aliphatic rings. The Labute approximate surface area is 140 Å². The van der Waals surface area contributed by atoms with Gasteiger partial charge in [0, 0.05) is 23.1 Å². The zero-order chi connectivity index (χ0) is 17.1. The lowest BCUT2D eigenvalue weighted by Crippen LogP contribution is -2.11. The summed E-state index contributed by atoms with van der Waals surface area (Å²) < 4.78 is 7.06. The predicted octanol–water partition coefficient (Wildman–Crippen LogP) is 2.93. The van der Waals surface area contributed by atoms with E-state index in [1.807, 2.05) is 26.0 Å². The highest BCUT2D eigenvalue weighted by Crippen LogP contribution is 2.22. The molecule has 2 heterocycles. The van der Waals surface area contributed by atoms with Gasteiger partial charge in [-0.2, -0.15) is 0 Å². The van der Waals surface area contributed by atoms with Crippen LogP contribution >= 0.6 is 0 Å². The van der Waals surface area contributed by atoms with Crippen LogP contribution in [0, 0.1) is 13.8 Å². The fourth-order valence-corrected chi connectivity index (χ4v) is 2.61. The number of nitrogens with one attached hydrogen (secondary N) is 1. The second kappa shape index (κ2) is 6.82. The highest BCUT2D eigenvalue weighted by atomic mass is 16.5. The van der Waals surface area contributed by atoms with Crippen molar-refractivity contribution in [3.63, 3.8) is 0 Å². The first-order valence-electron chi connectivity index (χ1n) is 8.11. The fraction of sp³-hybridized carbons (Fsp3) is 0.412. The summed E-state index contributed by atoms with van der Waals surface area (Å²) in [7, 11) is 0. The van der Waals surface area contributed by atoms with Crippen LogP contribution in [0.3, 0.4) is 0 Å². The van der Waals surface area contributed by atoms with E-state index in [0.29, 0.717) is 11.4 Å². The van der Waals surface area contributed by atoms with E-state index in [1.165, 1.54) is 0 Å². The van der Waals surface area contributed by atoms with Gasteiger partial charge in [0.05, 0.1) is 5.56 Å². The molecule has 2 aromatic heterocycles. The number of carbonyl (C=O) groups is 1. The van der Waals surface area contributed by atoms with Crippen LogP contribution in [0.15, 0.2) is 18.2 Å². The second-order valence-corrected chi connectivity index (χ2v) is 5.88. The van der Waals surface area contributed by atoms with Crippen molar-refractivity contribution in [1.82, 2.24) is 25.2 Å². The van der Waals surface area contributed by atoms with E-state index < -0.39 is 0 Å². The van der Waals surface area contributed by atoms with Gasteiger partial charge >= 0.3 is 5.97 Å². The molecule has 24 heavy (non-hydrogen) atoms. The number of H-pyrrole nitrogens is 1. The van der Waals surface area contributed by atoms with Gasteiger partial charge < -0.3 is 9.72 Å². The summed E-state index contributed by atoms with van der Waals surface area (Å²) in [5.74, 6) is 0.187. The Balaban J connectivity index is 1.71. The predicted molar refractivity (Wildman–Crippen MR) is 89.6 cm³/mol. The van der Waals surface area contributed by atoms with Crippen LogP contribution in [0.2, 0.25) is 0 Å². The maximum Gasteiger partial charge on any atom is 0.338 e. The smallest absolute Gasteiger partial charge is 0.338 e. The number of benzene rings is 1. The van der Waals surface area contributed by atoms with E-state index in [0.717, 1.165) is 41.5 Å². The number of aromatic nitrogens is 5. The lowest BCUT2D eigenvalue weighted by atomic mass is 10.1. The number of carbonyl (C=O) groups excluding carboxylic acids is 1. The summed E-state index contributed by atoms with van der Waals surface area (Å²) in [5, 5.41) is 12.5. The van der Waals surface area contributed by atoms with Gasteiger partial charge in [0.15, 0.2) is 12.4 Å². The average molecular weight is 327 g/mol. The van der Waals surface area contributed by atoms with Gasteiger partial charge in [-0.1, -0.05) is 13.3 Å². The van der Waals surface area contributed by atoms with Gasteiger partial charge in [-0.15, -0.1) is 5.10 Å². The molecule has 0 unspecified atom stereocenters. The van der Waals surface area contributed by atoms with Gasteiger partial charge in [-0.3, -0.25) is 0 Å². The molecule has 0 radical (unpaired) electrons. The number of hydrogen-bond donors (Lipinski definition) is 1. The van der Waals surface area contributed by atoms with Crippen molar-refractivity contribution in [3.8, 4) is 0 Å². The number of unbranched alkanes of at least 4 members (excludes halogenated alkanes) is 1. The lowest BCUT2D eigenvalue weighted by Gasteiger charge is -2.06.